The lowest BCUT2D eigenvalue weighted by Crippen LogP contribution is -2.23. The molecule has 1 aromatic rings. The molecule has 0 saturated heterocycles. The van der Waals surface area contributed by atoms with E-state index in [9.17, 15) is 0 Å². The van der Waals surface area contributed by atoms with Crippen LogP contribution in [0.2, 0.25) is 0 Å². The maximum absolute atomic E-state index is 5.75. The predicted molar refractivity (Wildman–Crippen MR) is 82.1 cm³/mol. The largest absolute Gasteiger partial charge is 0.360 e. The molecule has 0 fully saturated rings. The predicted octanol–water partition coefficient (Wildman–Crippen LogP) is 5.11. The lowest BCUT2D eigenvalue weighted by atomic mass is 10.1. The van der Waals surface area contributed by atoms with Gasteiger partial charge in [-0.1, -0.05) is 35.7 Å². The van der Waals surface area contributed by atoms with E-state index in [1.807, 2.05) is 6.92 Å². The maximum atomic E-state index is 5.75. The van der Waals surface area contributed by atoms with Crippen molar-refractivity contribution >= 4 is 21.6 Å². The van der Waals surface area contributed by atoms with E-state index in [0.29, 0.717) is 0 Å². The molecule has 0 bridgehead atoms. The summed E-state index contributed by atoms with van der Waals surface area (Å²) in [6.07, 6.45) is 4.92. The zero-order chi connectivity index (χ0) is 13.4. The van der Waals surface area contributed by atoms with Gasteiger partial charge in [0.25, 0.3) is 0 Å². The van der Waals surface area contributed by atoms with Gasteiger partial charge < -0.3 is 10.1 Å². The van der Waals surface area contributed by atoms with E-state index in [1.54, 1.807) is 0 Å². The SMILES string of the molecule is CCCCCC(Nc1ccc(Br)cc1C)OCC. The topological polar surface area (TPSA) is 21.3 Å². The van der Waals surface area contributed by atoms with Gasteiger partial charge >= 0.3 is 0 Å². The molecule has 1 rings (SSSR count). The first-order valence-corrected chi connectivity index (χ1v) is 7.61. The Hall–Kier alpha value is -0.540. The third-order valence-electron chi connectivity index (χ3n) is 2.94. The van der Waals surface area contributed by atoms with Gasteiger partial charge in [0.05, 0.1) is 0 Å². The van der Waals surface area contributed by atoms with E-state index in [0.717, 1.165) is 23.2 Å². The third kappa shape index (κ3) is 5.40. The molecule has 1 aromatic carbocycles. The van der Waals surface area contributed by atoms with E-state index in [4.69, 9.17) is 4.74 Å². The van der Waals surface area contributed by atoms with Crippen molar-refractivity contribution in [3.05, 3.63) is 28.2 Å². The average molecular weight is 314 g/mol. The molecule has 0 heterocycles. The van der Waals surface area contributed by atoms with Gasteiger partial charge in [0.1, 0.15) is 6.23 Å². The number of unbranched alkanes of at least 4 members (excludes halogenated alkanes) is 2. The molecular weight excluding hydrogens is 290 g/mol. The first-order chi connectivity index (χ1) is 8.67. The molecule has 18 heavy (non-hydrogen) atoms. The minimum atomic E-state index is 0.126. The van der Waals surface area contributed by atoms with Crippen molar-refractivity contribution in [1.29, 1.82) is 0 Å². The van der Waals surface area contributed by atoms with Crippen LogP contribution < -0.4 is 5.32 Å². The van der Waals surface area contributed by atoms with E-state index < -0.39 is 0 Å². The van der Waals surface area contributed by atoms with E-state index >= 15 is 0 Å². The molecule has 0 aliphatic rings. The highest BCUT2D eigenvalue weighted by molar-refractivity contribution is 9.10. The number of ether oxygens (including phenoxy) is 1. The Bertz CT molecular complexity index is 354. The summed E-state index contributed by atoms with van der Waals surface area (Å²) in [5.74, 6) is 0. The summed E-state index contributed by atoms with van der Waals surface area (Å²) in [4.78, 5) is 0. The monoisotopic (exact) mass is 313 g/mol. The number of anilines is 1. The van der Waals surface area contributed by atoms with Crippen molar-refractivity contribution < 1.29 is 4.74 Å². The average Bonchev–Trinajstić information content (AvgIpc) is 2.33. The highest BCUT2D eigenvalue weighted by atomic mass is 79.9. The molecule has 0 amide bonds. The molecule has 0 aromatic heterocycles. The second kappa shape index (κ2) is 8.54. The zero-order valence-electron chi connectivity index (χ0n) is 11.6. The van der Waals surface area contributed by atoms with Crippen molar-refractivity contribution in [1.82, 2.24) is 0 Å². The van der Waals surface area contributed by atoms with Crippen molar-refractivity contribution in [3.63, 3.8) is 0 Å². The maximum Gasteiger partial charge on any atom is 0.127 e. The van der Waals surface area contributed by atoms with Crippen molar-refractivity contribution in [2.24, 2.45) is 0 Å². The van der Waals surface area contributed by atoms with E-state index in [-0.39, 0.29) is 6.23 Å². The van der Waals surface area contributed by atoms with Gasteiger partial charge in [0.2, 0.25) is 0 Å². The number of aryl methyl sites for hydroxylation is 1. The van der Waals surface area contributed by atoms with E-state index in [2.05, 4.69) is 53.3 Å². The number of hydrogen-bond donors (Lipinski definition) is 1. The second-order valence-corrected chi connectivity index (χ2v) is 5.46. The van der Waals surface area contributed by atoms with Gasteiger partial charge in [-0.15, -0.1) is 0 Å². The molecule has 2 nitrogen and oxygen atoms in total. The van der Waals surface area contributed by atoms with Crippen LogP contribution in [0.4, 0.5) is 5.69 Å². The smallest absolute Gasteiger partial charge is 0.127 e. The Labute approximate surface area is 119 Å². The lowest BCUT2D eigenvalue weighted by Gasteiger charge is -2.21. The van der Waals surface area contributed by atoms with Gasteiger partial charge in [-0.2, -0.15) is 0 Å². The highest BCUT2D eigenvalue weighted by Crippen LogP contribution is 2.22. The number of nitrogens with one attached hydrogen (secondary N) is 1. The van der Waals surface area contributed by atoms with Crippen LogP contribution >= 0.6 is 15.9 Å². The van der Waals surface area contributed by atoms with Gasteiger partial charge in [-0.05, 0) is 50.5 Å². The molecule has 102 valence electrons. The highest BCUT2D eigenvalue weighted by Gasteiger charge is 2.09. The summed E-state index contributed by atoms with van der Waals surface area (Å²) in [7, 11) is 0. The minimum Gasteiger partial charge on any atom is -0.360 e. The first-order valence-electron chi connectivity index (χ1n) is 6.81. The Morgan fingerprint density at radius 2 is 2.06 bits per heavy atom. The summed E-state index contributed by atoms with van der Waals surface area (Å²) in [5, 5.41) is 3.49. The third-order valence-corrected chi connectivity index (χ3v) is 3.44. The molecule has 0 spiro atoms. The molecule has 0 aliphatic carbocycles. The molecule has 3 heteroatoms. The molecular formula is C15H24BrNO. The van der Waals surface area contributed by atoms with Crippen LogP contribution in [0.1, 0.15) is 45.1 Å². The van der Waals surface area contributed by atoms with Crippen LogP contribution in [0.25, 0.3) is 0 Å². The van der Waals surface area contributed by atoms with Crippen LogP contribution in [0, 0.1) is 6.92 Å². The summed E-state index contributed by atoms with van der Waals surface area (Å²) in [5.41, 5.74) is 2.40. The standard InChI is InChI=1S/C15H24BrNO/c1-4-6-7-8-15(18-5-2)17-14-10-9-13(16)11-12(14)3/h9-11,15,17H,4-8H2,1-3H3. The van der Waals surface area contributed by atoms with Crippen LogP contribution in [0.5, 0.6) is 0 Å². The fourth-order valence-corrected chi connectivity index (χ4v) is 2.42. The normalized spacial score (nSPS) is 12.4. The minimum absolute atomic E-state index is 0.126. The van der Waals surface area contributed by atoms with Gasteiger partial charge in [-0.3, -0.25) is 0 Å². The Morgan fingerprint density at radius 3 is 2.67 bits per heavy atom. The number of benzene rings is 1. The summed E-state index contributed by atoms with van der Waals surface area (Å²) in [6.45, 7) is 7.13. The molecule has 0 radical (unpaired) electrons. The molecule has 1 atom stereocenters. The van der Waals surface area contributed by atoms with E-state index in [1.165, 1.54) is 24.8 Å². The lowest BCUT2D eigenvalue weighted by molar-refractivity contribution is 0.0748. The fourth-order valence-electron chi connectivity index (χ4n) is 1.94. The Kier molecular flexibility index (Phi) is 7.36. The van der Waals surface area contributed by atoms with Gasteiger partial charge in [-0.25, -0.2) is 0 Å². The number of rotatable bonds is 8. The Balaban J connectivity index is 2.58. The van der Waals surface area contributed by atoms with Crippen LogP contribution in [-0.4, -0.2) is 12.8 Å². The van der Waals surface area contributed by atoms with Crippen LogP contribution in [0.15, 0.2) is 22.7 Å². The Morgan fingerprint density at radius 1 is 1.28 bits per heavy atom. The zero-order valence-corrected chi connectivity index (χ0v) is 13.2. The summed E-state index contributed by atoms with van der Waals surface area (Å²) >= 11 is 3.49. The number of halogens is 1. The molecule has 0 saturated carbocycles. The summed E-state index contributed by atoms with van der Waals surface area (Å²) < 4.78 is 6.87. The van der Waals surface area contributed by atoms with Gasteiger partial charge in [0, 0.05) is 16.8 Å². The first kappa shape index (κ1) is 15.5. The number of hydrogen-bond acceptors (Lipinski definition) is 2. The van der Waals surface area contributed by atoms with Crippen LogP contribution in [0.3, 0.4) is 0 Å². The molecule has 0 aliphatic heterocycles. The summed E-state index contributed by atoms with van der Waals surface area (Å²) in [6, 6.07) is 6.28. The van der Waals surface area contributed by atoms with Crippen molar-refractivity contribution in [2.75, 3.05) is 11.9 Å². The fraction of sp³-hybridized carbons (Fsp3) is 0.600. The van der Waals surface area contributed by atoms with Crippen LogP contribution in [-0.2, 0) is 4.74 Å². The van der Waals surface area contributed by atoms with Crippen molar-refractivity contribution in [2.45, 2.75) is 52.7 Å². The second-order valence-electron chi connectivity index (χ2n) is 4.54. The van der Waals surface area contributed by atoms with Gasteiger partial charge in [0.15, 0.2) is 0 Å². The van der Waals surface area contributed by atoms with Crippen molar-refractivity contribution in [3.8, 4) is 0 Å². The molecule has 1 unspecified atom stereocenters. The quantitative estimate of drug-likeness (QED) is 0.531. The molecule has 1 N–H and O–H groups in total.